The highest BCUT2D eigenvalue weighted by molar-refractivity contribution is 9.10. The molecule has 1 aliphatic rings. The van der Waals surface area contributed by atoms with Gasteiger partial charge in [-0.3, -0.25) is 0 Å². The van der Waals surface area contributed by atoms with E-state index in [1.54, 1.807) is 0 Å². The Balaban J connectivity index is 2.06. The van der Waals surface area contributed by atoms with Crippen molar-refractivity contribution >= 4 is 21.6 Å². The van der Waals surface area contributed by atoms with Crippen molar-refractivity contribution in [3.05, 3.63) is 28.2 Å². The second-order valence-corrected chi connectivity index (χ2v) is 6.41. The van der Waals surface area contributed by atoms with E-state index in [4.69, 9.17) is 5.73 Å². The number of anilines is 1. The van der Waals surface area contributed by atoms with E-state index in [0.717, 1.165) is 36.0 Å². The first-order chi connectivity index (χ1) is 8.99. The Morgan fingerprint density at radius 2 is 1.95 bits per heavy atom. The summed E-state index contributed by atoms with van der Waals surface area (Å²) in [6.45, 7) is 5.92. The van der Waals surface area contributed by atoms with Crippen LogP contribution in [0.3, 0.4) is 0 Å². The van der Waals surface area contributed by atoms with Crippen molar-refractivity contribution in [3.63, 3.8) is 0 Å². The monoisotopic (exact) mass is 326 g/mol. The predicted molar refractivity (Wildman–Crippen MR) is 83.4 cm³/mol. The van der Waals surface area contributed by atoms with Crippen LogP contribution in [0.5, 0.6) is 0 Å². The highest BCUT2D eigenvalue weighted by atomic mass is 79.9. The number of nitrogens with zero attached hydrogens (tertiary/aromatic N) is 1. The maximum absolute atomic E-state index is 9.64. The van der Waals surface area contributed by atoms with Crippen LogP contribution in [-0.4, -0.2) is 24.3 Å². The van der Waals surface area contributed by atoms with Crippen molar-refractivity contribution in [1.82, 2.24) is 0 Å². The average Bonchev–Trinajstić information content (AvgIpc) is 2.38. The van der Waals surface area contributed by atoms with Crippen molar-refractivity contribution < 1.29 is 5.11 Å². The molecule has 1 aliphatic heterocycles. The van der Waals surface area contributed by atoms with Gasteiger partial charge in [0.05, 0.1) is 6.10 Å². The predicted octanol–water partition coefficient (Wildman–Crippen LogP) is 3.07. The van der Waals surface area contributed by atoms with Gasteiger partial charge in [0.15, 0.2) is 0 Å². The number of piperidine rings is 1. The number of aliphatic hydroxyl groups is 1. The van der Waals surface area contributed by atoms with E-state index in [9.17, 15) is 5.11 Å². The van der Waals surface area contributed by atoms with Gasteiger partial charge in [-0.15, -0.1) is 0 Å². The van der Waals surface area contributed by atoms with Gasteiger partial charge in [0, 0.05) is 29.3 Å². The maximum Gasteiger partial charge on any atom is 0.0541 e. The minimum Gasteiger partial charge on any atom is -0.393 e. The molecule has 3 N–H and O–H groups in total. The molecule has 1 saturated heterocycles. The smallest absolute Gasteiger partial charge is 0.0541 e. The summed E-state index contributed by atoms with van der Waals surface area (Å²) in [6, 6.07) is 6.45. The van der Waals surface area contributed by atoms with Crippen LogP contribution < -0.4 is 10.6 Å². The molecule has 106 valence electrons. The topological polar surface area (TPSA) is 49.5 Å². The van der Waals surface area contributed by atoms with E-state index >= 15 is 0 Å². The minimum absolute atomic E-state index is 0.0457. The van der Waals surface area contributed by atoms with Crippen LogP contribution in [0, 0.1) is 5.92 Å². The highest BCUT2D eigenvalue weighted by Crippen LogP contribution is 2.30. The molecule has 0 bridgehead atoms. The molecule has 1 aromatic carbocycles. The first-order valence-electron chi connectivity index (χ1n) is 6.97. The van der Waals surface area contributed by atoms with Gasteiger partial charge in [0.25, 0.3) is 0 Å². The van der Waals surface area contributed by atoms with Crippen molar-refractivity contribution in [2.75, 3.05) is 18.0 Å². The third-order valence-electron chi connectivity index (χ3n) is 4.06. The molecule has 1 fully saturated rings. The van der Waals surface area contributed by atoms with Crippen LogP contribution >= 0.6 is 15.9 Å². The molecule has 0 saturated carbocycles. The summed E-state index contributed by atoms with van der Waals surface area (Å²) in [4.78, 5) is 2.38. The van der Waals surface area contributed by atoms with E-state index in [0.29, 0.717) is 5.92 Å². The summed E-state index contributed by atoms with van der Waals surface area (Å²) in [7, 11) is 0. The quantitative estimate of drug-likeness (QED) is 0.897. The Morgan fingerprint density at radius 1 is 1.32 bits per heavy atom. The van der Waals surface area contributed by atoms with Crippen LogP contribution in [-0.2, 0) is 0 Å². The number of aliphatic hydroxyl groups excluding tert-OH is 1. The maximum atomic E-state index is 9.64. The minimum atomic E-state index is -0.186. The number of hydrogen-bond acceptors (Lipinski definition) is 3. The van der Waals surface area contributed by atoms with Gasteiger partial charge in [-0.25, -0.2) is 0 Å². The molecule has 0 aromatic heterocycles. The van der Waals surface area contributed by atoms with Crippen LogP contribution in [0.2, 0.25) is 0 Å². The van der Waals surface area contributed by atoms with Gasteiger partial charge in [0.2, 0.25) is 0 Å². The zero-order valence-electron chi connectivity index (χ0n) is 11.6. The van der Waals surface area contributed by atoms with Gasteiger partial charge in [-0.05, 0) is 50.3 Å². The number of rotatable bonds is 3. The second-order valence-electron chi connectivity index (χ2n) is 5.56. The molecule has 2 unspecified atom stereocenters. The number of halogens is 1. The summed E-state index contributed by atoms with van der Waals surface area (Å²) >= 11 is 3.60. The highest BCUT2D eigenvalue weighted by Gasteiger charge is 2.23. The van der Waals surface area contributed by atoms with Crippen LogP contribution in [0.1, 0.15) is 38.3 Å². The Morgan fingerprint density at radius 3 is 2.42 bits per heavy atom. The van der Waals surface area contributed by atoms with Crippen molar-refractivity contribution in [3.8, 4) is 0 Å². The molecule has 2 atom stereocenters. The molecule has 0 spiro atoms. The lowest BCUT2D eigenvalue weighted by Crippen LogP contribution is -2.37. The lowest BCUT2D eigenvalue weighted by Gasteiger charge is -2.35. The van der Waals surface area contributed by atoms with E-state index < -0.39 is 0 Å². The number of hydrogen-bond donors (Lipinski definition) is 2. The molecule has 1 aromatic rings. The summed E-state index contributed by atoms with van der Waals surface area (Å²) in [5, 5.41) is 9.64. The summed E-state index contributed by atoms with van der Waals surface area (Å²) in [5.74, 6) is 0.447. The van der Waals surface area contributed by atoms with E-state index in [2.05, 4.69) is 39.0 Å². The third kappa shape index (κ3) is 3.50. The molecular weight excluding hydrogens is 304 g/mol. The SMILES string of the molecule is CC(N)c1ccc(N2CCC(C(C)O)CC2)cc1Br. The first kappa shape index (κ1) is 14.8. The average molecular weight is 327 g/mol. The van der Waals surface area contributed by atoms with E-state index in [1.165, 1.54) is 5.69 Å². The van der Waals surface area contributed by atoms with E-state index in [1.807, 2.05) is 13.8 Å². The molecule has 1 heterocycles. The Labute approximate surface area is 123 Å². The summed E-state index contributed by atoms with van der Waals surface area (Å²) < 4.78 is 1.08. The van der Waals surface area contributed by atoms with Crippen molar-refractivity contribution in [1.29, 1.82) is 0 Å². The largest absolute Gasteiger partial charge is 0.393 e. The van der Waals surface area contributed by atoms with Crippen molar-refractivity contribution in [2.45, 2.75) is 38.8 Å². The third-order valence-corrected chi connectivity index (χ3v) is 4.75. The first-order valence-corrected chi connectivity index (χ1v) is 7.76. The fourth-order valence-electron chi connectivity index (χ4n) is 2.72. The standard InChI is InChI=1S/C15H23BrN2O/c1-10(17)14-4-3-13(9-15(14)16)18-7-5-12(6-8-18)11(2)19/h3-4,9-12,19H,5-8,17H2,1-2H3. The summed E-state index contributed by atoms with van der Waals surface area (Å²) in [5.41, 5.74) is 8.30. The second kappa shape index (κ2) is 6.25. The Kier molecular flexibility index (Phi) is 4.87. The van der Waals surface area contributed by atoms with Gasteiger partial charge in [-0.2, -0.15) is 0 Å². The summed E-state index contributed by atoms with van der Waals surface area (Å²) in [6.07, 6.45) is 1.93. The normalized spacial score (nSPS) is 20.4. The zero-order chi connectivity index (χ0) is 14.0. The van der Waals surface area contributed by atoms with Gasteiger partial charge in [0.1, 0.15) is 0 Å². The molecule has 0 amide bonds. The molecule has 2 rings (SSSR count). The van der Waals surface area contributed by atoms with Gasteiger partial charge in [-0.1, -0.05) is 22.0 Å². The number of benzene rings is 1. The Hall–Kier alpha value is -0.580. The van der Waals surface area contributed by atoms with Gasteiger partial charge >= 0.3 is 0 Å². The Bertz CT molecular complexity index is 426. The molecule has 4 heteroatoms. The molecule has 3 nitrogen and oxygen atoms in total. The lowest BCUT2D eigenvalue weighted by molar-refractivity contribution is 0.110. The molecular formula is C15H23BrN2O. The molecule has 0 aliphatic carbocycles. The van der Waals surface area contributed by atoms with Crippen LogP contribution in [0.4, 0.5) is 5.69 Å². The van der Waals surface area contributed by atoms with Crippen LogP contribution in [0.15, 0.2) is 22.7 Å². The molecule has 19 heavy (non-hydrogen) atoms. The van der Waals surface area contributed by atoms with Crippen molar-refractivity contribution in [2.24, 2.45) is 11.7 Å². The number of nitrogens with two attached hydrogens (primary N) is 1. The fraction of sp³-hybridized carbons (Fsp3) is 0.600. The van der Waals surface area contributed by atoms with E-state index in [-0.39, 0.29) is 12.1 Å². The van der Waals surface area contributed by atoms with Crippen LogP contribution in [0.25, 0.3) is 0 Å². The van der Waals surface area contributed by atoms with Gasteiger partial charge < -0.3 is 15.7 Å². The fourth-order valence-corrected chi connectivity index (χ4v) is 3.45. The molecule has 0 radical (unpaired) electrons. The lowest BCUT2D eigenvalue weighted by atomic mass is 9.92. The zero-order valence-corrected chi connectivity index (χ0v) is 13.2.